The van der Waals surface area contributed by atoms with Crippen LogP contribution in [0.5, 0.6) is 0 Å². The molecule has 15 atom stereocenters. The van der Waals surface area contributed by atoms with Crippen molar-refractivity contribution in [3.05, 3.63) is 0 Å². The van der Waals surface area contributed by atoms with E-state index in [-0.39, 0.29) is 0 Å². The Morgan fingerprint density at radius 2 is 0.824 bits per heavy atom. The number of hydrogen-bond acceptors (Lipinski definition) is 16. The van der Waals surface area contributed by atoms with Gasteiger partial charge in [-0.05, 0) is 0 Å². The van der Waals surface area contributed by atoms with Gasteiger partial charge in [0.05, 0.1) is 19.8 Å². The van der Waals surface area contributed by atoms with E-state index in [1.807, 2.05) is 0 Å². The molecule has 0 bridgehead atoms. The quantitative estimate of drug-likeness (QED) is 0.154. The monoisotopic (exact) mass is 504 g/mol. The van der Waals surface area contributed by atoms with Crippen molar-refractivity contribution in [2.24, 2.45) is 0 Å². The van der Waals surface area contributed by atoms with Gasteiger partial charge in [0, 0.05) is 0 Å². The first-order valence-corrected chi connectivity index (χ1v) is 10.6. The Morgan fingerprint density at radius 1 is 0.441 bits per heavy atom. The van der Waals surface area contributed by atoms with E-state index in [0.717, 1.165) is 0 Å². The molecular weight excluding hydrogens is 472 g/mol. The molecule has 16 heteroatoms. The third kappa shape index (κ3) is 5.37. The lowest BCUT2D eigenvalue weighted by Crippen LogP contribution is -2.67. The van der Waals surface area contributed by atoms with Crippen LogP contribution in [0.15, 0.2) is 0 Å². The summed E-state index contributed by atoms with van der Waals surface area (Å²) in [6, 6.07) is 0. The molecule has 3 aliphatic heterocycles. The zero-order valence-corrected chi connectivity index (χ0v) is 17.7. The Hall–Kier alpha value is -0.640. The van der Waals surface area contributed by atoms with Crippen molar-refractivity contribution in [1.29, 1.82) is 0 Å². The number of aliphatic hydroxyl groups is 11. The SMILES string of the molecule is OC[C@H]1O[C@@H](O[C@H]2[C@H](O)[C@@H](CO)OC(O)[C@@H]2O[C@H]2O[C@H](CO)[C@@H](O)[C@H](O)[C@@H]2O)[C@H](O)[C@@H](O)[C@H]1O. The van der Waals surface area contributed by atoms with Crippen LogP contribution in [-0.4, -0.2) is 168 Å². The third-order valence-corrected chi connectivity index (χ3v) is 6.10. The molecule has 1 unspecified atom stereocenters. The Kier molecular flexibility index (Phi) is 9.54. The first-order chi connectivity index (χ1) is 16.0. The lowest BCUT2D eigenvalue weighted by molar-refractivity contribution is -0.387. The number of hydrogen-bond donors (Lipinski definition) is 11. The molecule has 0 saturated carbocycles. The maximum Gasteiger partial charge on any atom is 0.187 e. The van der Waals surface area contributed by atoms with Crippen LogP contribution in [-0.2, 0) is 23.7 Å². The molecule has 3 heterocycles. The van der Waals surface area contributed by atoms with Gasteiger partial charge in [-0.15, -0.1) is 0 Å². The second kappa shape index (κ2) is 11.6. The molecular formula is C18H32O16. The lowest BCUT2D eigenvalue weighted by atomic mass is 9.96. The second-order valence-corrected chi connectivity index (χ2v) is 8.33. The number of aliphatic hydroxyl groups excluding tert-OH is 11. The summed E-state index contributed by atoms with van der Waals surface area (Å²) in [6.45, 7) is -2.33. The summed E-state index contributed by atoms with van der Waals surface area (Å²) in [4.78, 5) is 0. The molecule has 0 aliphatic carbocycles. The van der Waals surface area contributed by atoms with Gasteiger partial charge >= 0.3 is 0 Å². The molecule has 11 N–H and O–H groups in total. The van der Waals surface area contributed by atoms with E-state index < -0.39 is 112 Å². The van der Waals surface area contributed by atoms with Gasteiger partial charge < -0.3 is 79.9 Å². The minimum Gasteiger partial charge on any atom is -0.394 e. The van der Waals surface area contributed by atoms with Crippen LogP contribution in [0.3, 0.4) is 0 Å². The van der Waals surface area contributed by atoms with Crippen LogP contribution < -0.4 is 0 Å². The third-order valence-electron chi connectivity index (χ3n) is 6.10. The summed E-state index contributed by atoms with van der Waals surface area (Å²) >= 11 is 0. The normalized spacial score (nSPS) is 52.5. The van der Waals surface area contributed by atoms with Crippen molar-refractivity contribution in [1.82, 2.24) is 0 Å². The zero-order chi connectivity index (χ0) is 25.3. The first-order valence-electron chi connectivity index (χ1n) is 10.6. The molecule has 3 fully saturated rings. The number of ether oxygens (including phenoxy) is 5. The molecule has 3 aliphatic rings. The molecule has 0 aromatic heterocycles. The molecule has 0 aromatic rings. The van der Waals surface area contributed by atoms with E-state index in [2.05, 4.69) is 0 Å². The van der Waals surface area contributed by atoms with Gasteiger partial charge in [-0.1, -0.05) is 0 Å². The van der Waals surface area contributed by atoms with Crippen molar-refractivity contribution in [2.75, 3.05) is 19.8 Å². The summed E-state index contributed by atoms with van der Waals surface area (Å²) < 4.78 is 26.5. The molecule has 16 nitrogen and oxygen atoms in total. The van der Waals surface area contributed by atoms with Gasteiger partial charge in [0.25, 0.3) is 0 Å². The lowest BCUT2D eigenvalue weighted by Gasteiger charge is -2.48. The van der Waals surface area contributed by atoms with E-state index >= 15 is 0 Å². The second-order valence-electron chi connectivity index (χ2n) is 8.33. The Balaban J connectivity index is 1.83. The summed E-state index contributed by atoms with van der Waals surface area (Å²) in [5.74, 6) is 0. The van der Waals surface area contributed by atoms with Crippen molar-refractivity contribution >= 4 is 0 Å². The fraction of sp³-hybridized carbons (Fsp3) is 1.00. The van der Waals surface area contributed by atoms with Crippen molar-refractivity contribution < 1.29 is 79.9 Å². The molecule has 0 radical (unpaired) electrons. The molecule has 0 amide bonds. The first kappa shape index (κ1) is 27.9. The highest BCUT2D eigenvalue weighted by molar-refractivity contribution is 4.96. The fourth-order valence-electron chi connectivity index (χ4n) is 4.03. The average Bonchev–Trinajstić information content (AvgIpc) is 2.83. The smallest absolute Gasteiger partial charge is 0.187 e. The molecule has 0 spiro atoms. The fourth-order valence-corrected chi connectivity index (χ4v) is 4.03. The predicted molar refractivity (Wildman–Crippen MR) is 101 cm³/mol. The van der Waals surface area contributed by atoms with E-state index in [0.29, 0.717) is 0 Å². The Labute approximate surface area is 192 Å². The Bertz CT molecular complexity index is 637. The van der Waals surface area contributed by atoms with Crippen LogP contribution >= 0.6 is 0 Å². The van der Waals surface area contributed by atoms with E-state index in [1.54, 1.807) is 0 Å². The Morgan fingerprint density at radius 3 is 1.24 bits per heavy atom. The molecule has 0 aromatic carbocycles. The van der Waals surface area contributed by atoms with Gasteiger partial charge in [0.2, 0.25) is 0 Å². The largest absolute Gasteiger partial charge is 0.394 e. The highest BCUT2D eigenvalue weighted by Gasteiger charge is 2.53. The van der Waals surface area contributed by atoms with Crippen LogP contribution in [0.1, 0.15) is 0 Å². The standard InChI is InChI=1S/C18H32O16/c19-1-4-7(22)10(25)12(27)17(31-4)33-14-9(24)6(3-21)30-16(29)15(14)34-18-13(28)11(26)8(23)5(2-20)32-18/h4-29H,1-3H2/t4-,5-,6-,7+,8-,9-,10+,11+,12-,13+,14+,15-,16?,17+,18-/m1/s1. The highest BCUT2D eigenvalue weighted by atomic mass is 16.8. The average molecular weight is 504 g/mol. The summed E-state index contributed by atoms with van der Waals surface area (Å²) in [6.07, 6.45) is -25.6. The van der Waals surface area contributed by atoms with Crippen LogP contribution in [0.4, 0.5) is 0 Å². The van der Waals surface area contributed by atoms with E-state index in [4.69, 9.17) is 23.7 Å². The maximum atomic E-state index is 10.6. The minimum absolute atomic E-state index is 0.769. The van der Waals surface area contributed by atoms with E-state index in [9.17, 15) is 56.2 Å². The van der Waals surface area contributed by atoms with Gasteiger partial charge in [0.15, 0.2) is 18.9 Å². The van der Waals surface area contributed by atoms with Crippen molar-refractivity contribution in [3.8, 4) is 0 Å². The maximum absolute atomic E-state index is 10.6. The van der Waals surface area contributed by atoms with Crippen LogP contribution in [0.25, 0.3) is 0 Å². The van der Waals surface area contributed by atoms with Gasteiger partial charge in [-0.2, -0.15) is 0 Å². The van der Waals surface area contributed by atoms with Crippen LogP contribution in [0, 0.1) is 0 Å². The number of rotatable bonds is 7. The van der Waals surface area contributed by atoms with Crippen molar-refractivity contribution in [2.45, 2.75) is 92.1 Å². The molecule has 34 heavy (non-hydrogen) atoms. The van der Waals surface area contributed by atoms with Crippen LogP contribution in [0.2, 0.25) is 0 Å². The van der Waals surface area contributed by atoms with Gasteiger partial charge in [-0.25, -0.2) is 0 Å². The summed E-state index contributed by atoms with van der Waals surface area (Å²) in [5, 5.41) is 109. The van der Waals surface area contributed by atoms with Crippen molar-refractivity contribution in [3.63, 3.8) is 0 Å². The minimum atomic E-state index is -1.94. The highest BCUT2D eigenvalue weighted by Crippen LogP contribution is 2.32. The van der Waals surface area contributed by atoms with Gasteiger partial charge in [0.1, 0.15) is 73.2 Å². The molecule has 3 saturated heterocycles. The summed E-state index contributed by atoms with van der Waals surface area (Å²) in [5.41, 5.74) is 0. The topological polar surface area (TPSA) is 269 Å². The molecule has 3 rings (SSSR count). The summed E-state index contributed by atoms with van der Waals surface area (Å²) in [7, 11) is 0. The van der Waals surface area contributed by atoms with E-state index in [1.165, 1.54) is 0 Å². The van der Waals surface area contributed by atoms with Gasteiger partial charge in [-0.3, -0.25) is 0 Å². The zero-order valence-electron chi connectivity index (χ0n) is 17.7. The predicted octanol–water partition coefficient (Wildman–Crippen LogP) is -7.57. The molecule has 200 valence electrons.